The lowest BCUT2D eigenvalue weighted by molar-refractivity contribution is 0.349. The second-order valence-electron chi connectivity index (χ2n) is 4.28. The number of hydrogen-bond acceptors (Lipinski definition) is 2. The number of rotatable bonds is 5. The van der Waals surface area contributed by atoms with Crippen LogP contribution in [0.4, 0.5) is 0 Å². The van der Waals surface area contributed by atoms with Gasteiger partial charge in [0.15, 0.2) is 5.11 Å². The summed E-state index contributed by atoms with van der Waals surface area (Å²) in [4.78, 5) is 2.06. The van der Waals surface area contributed by atoms with Crippen LogP contribution in [0.3, 0.4) is 0 Å². The molecule has 0 bridgehead atoms. The molecule has 0 aliphatic heterocycles. The first-order chi connectivity index (χ1) is 6.99. The van der Waals surface area contributed by atoms with Crippen LogP contribution in [-0.4, -0.2) is 29.1 Å². The minimum atomic E-state index is 0.338. The summed E-state index contributed by atoms with van der Waals surface area (Å²) in [5.41, 5.74) is 0. The first-order valence-corrected chi connectivity index (χ1v) is 5.81. The highest BCUT2D eigenvalue weighted by atomic mass is 32.1. The third-order valence-electron chi connectivity index (χ3n) is 2.01. The van der Waals surface area contributed by atoms with Crippen LogP contribution in [0.15, 0.2) is 0 Å². The van der Waals surface area contributed by atoms with Crippen molar-refractivity contribution in [3.63, 3.8) is 0 Å². The zero-order valence-corrected chi connectivity index (χ0v) is 10.9. The van der Waals surface area contributed by atoms with Crippen molar-refractivity contribution in [2.75, 3.05) is 13.1 Å². The maximum Gasteiger partial charge on any atom is 0.169 e. The van der Waals surface area contributed by atoms with Crippen LogP contribution in [0.1, 0.15) is 34.1 Å². The first-order valence-electron chi connectivity index (χ1n) is 5.40. The van der Waals surface area contributed by atoms with Gasteiger partial charge in [-0.05, 0) is 32.0 Å². The highest BCUT2D eigenvalue weighted by Crippen LogP contribution is 2.01. The lowest BCUT2D eigenvalue weighted by Gasteiger charge is -2.29. The molecule has 0 saturated heterocycles. The molecule has 0 radical (unpaired) electrons. The summed E-state index contributed by atoms with van der Waals surface area (Å²) in [6, 6.07) is 2.48. The van der Waals surface area contributed by atoms with Crippen LogP contribution >= 0.6 is 12.2 Å². The molecule has 0 atom stereocenters. The molecule has 15 heavy (non-hydrogen) atoms. The van der Waals surface area contributed by atoms with Gasteiger partial charge in [-0.1, -0.05) is 13.8 Å². The quantitative estimate of drug-likeness (QED) is 0.730. The van der Waals surface area contributed by atoms with E-state index in [9.17, 15) is 0 Å². The van der Waals surface area contributed by atoms with Crippen molar-refractivity contribution in [1.82, 2.24) is 10.2 Å². The van der Waals surface area contributed by atoms with Gasteiger partial charge in [-0.3, -0.25) is 0 Å². The molecular formula is C11H21N3S. The molecule has 0 unspecified atom stereocenters. The molecule has 0 aromatic rings. The Morgan fingerprint density at radius 3 is 2.40 bits per heavy atom. The molecule has 0 spiro atoms. The van der Waals surface area contributed by atoms with Crippen LogP contribution in [0, 0.1) is 17.2 Å². The van der Waals surface area contributed by atoms with Crippen LogP contribution in [0.2, 0.25) is 0 Å². The third-order valence-corrected chi connectivity index (χ3v) is 2.39. The Morgan fingerprint density at radius 1 is 1.40 bits per heavy atom. The Balaban J connectivity index is 4.12. The molecule has 0 saturated carbocycles. The number of nitriles is 1. The van der Waals surface area contributed by atoms with E-state index < -0.39 is 0 Å². The first kappa shape index (κ1) is 14.2. The summed E-state index contributed by atoms with van der Waals surface area (Å²) >= 11 is 5.29. The molecule has 0 aliphatic rings. The van der Waals surface area contributed by atoms with Crippen molar-refractivity contribution in [1.29, 1.82) is 5.26 Å². The predicted octanol–water partition coefficient (Wildman–Crippen LogP) is 2.14. The van der Waals surface area contributed by atoms with Gasteiger partial charge in [0.1, 0.15) is 0 Å². The topological polar surface area (TPSA) is 39.1 Å². The second kappa shape index (κ2) is 7.47. The summed E-state index contributed by atoms with van der Waals surface area (Å²) in [6.45, 7) is 10.0. The van der Waals surface area contributed by atoms with Gasteiger partial charge in [0.25, 0.3) is 0 Å². The van der Waals surface area contributed by atoms with E-state index in [2.05, 4.69) is 44.0 Å². The van der Waals surface area contributed by atoms with Gasteiger partial charge in [0, 0.05) is 19.1 Å². The van der Waals surface area contributed by atoms with Gasteiger partial charge >= 0.3 is 0 Å². The van der Waals surface area contributed by atoms with Gasteiger partial charge < -0.3 is 10.2 Å². The van der Waals surface area contributed by atoms with E-state index in [-0.39, 0.29) is 0 Å². The molecule has 86 valence electrons. The van der Waals surface area contributed by atoms with Crippen molar-refractivity contribution >= 4 is 17.3 Å². The molecule has 0 fully saturated rings. The van der Waals surface area contributed by atoms with Crippen molar-refractivity contribution in [3.05, 3.63) is 0 Å². The minimum Gasteiger partial charge on any atom is -0.362 e. The molecule has 0 aromatic heterocycles. The maximum absolute atomic E-state index is 8.56. The summed E-state index contributed by atoms with van der Waals surface area (Å²) in [6.07, 6.45) is 0.516. The Bertz CT molecular complexity index is 230. The normalized spacial score (nSPS) is 10.2. The molecular weight excluding hydrogens is 206 g/mol. The highest BCUT2D eigenvalue weighted by Gasteiger charge is 2.12. The van der Waals surface area contributed by atoms with Gasteiger partial charge in [0.05, 0.1) is 12.5 Å². The lowest BCUT2D eigenvalue weighted by Crippen LogP contribution is -2.45. The van der Waals surface area contributed by atoms with E-state index in [4.69, 9.17) is 17.5 Å². The SMILES string of the molecule is CC(C)CNC(=S)N(CCC#N)C(C)C. The maximum atomic E-state index is 8.56. The predicted molar refractivity (Wildman–Crippen MR) is 67.5 cm³/mol. The second-order valence-corrected chi connectivity index (χ2v) is 4.66. The van der Waals surface area contributed by atoms with E-state index in [1.54, 1.807) is 0 Å². The highest BCUT2D eigenvalue weighted by molar-refractivity contribution is 7.80. The van der Waals surface area contributed by atoms with Gasteiger partial charge in [-0.25, -0.2) is 0 Å². The molecule has 1 N–H and O–H groups in total. The number of nitrogens with one attached hydrogen (secondary N) is 1. The Hall–Kier alpha value is -0.820. The van der Waals surface area contributed by atoms with E-state index in [1.165, 1.54) is 0 Å². The molecule has 3 nitrogen and oxygen atoms in total. The molecule has 0 heterocycles. The fourth-order valence-corrected chi connectivity index (χ4v) is 1.54. The smallest absolute Gasteiger partial charge is 0.169 e. The van der Waals surface area contributed by atoms with E-state index >= 15 is 0 Å². The van der Waals surface area contributed by atoms with Gasteiger partial charge in [0.2, 0.25) is 0 Å². The van der Waals surface area contributed by atoms with Crippen molar-refractivity contribution in [2.24, 2.45) is 5.92 Å². The zero-order valence-electron chi connectivity index (χ0n) is 10.1. The molecule has 4 heteroatoms. The van der Waals surface area contributed by atoms with Crippen molar-refractivity contribution < 1.29 is 0 Å². The van der Waals surface area contributed by atoms with E-state index in [0.29, 0.717) is 24.9 Å². The van der Waals surface area contributed by atoms with Crippen LogP contribution in [0.25, 0.3) is 0 Å². The van der Waals surface area contributed by atoms with E-state index in [1.807, 2.05) is 0 Å². The Kier molecular flexibility index (Phi) is 7.06. The summed E-state index contributed by atoms with van der Waals surface area (Å²) in [5, 5.41) is 12.5. The average molecular weight is 227 g/mol. The Labute approximate surface area is 98.4 Å². The fraction of sp³-hybridized carbons (Fsp3) is 0.818. The number of hydrogen-bond donors (Lipinski definition) is 1. The average Bonchev–Trinajstić information content (AvgIpc) is 2.14. The minimum absolute atomic E-state index is 0.338. The number of thiocarbonyl (C=S) groups is 1. The van der Waals surface area contributed by atoms with Crippen LogP contribution in [0.5, 0.6) is 0 Å². The summed E-state index contributed by atoms with van der Waals surface area (Å²) < 4.78 is 0. The van der Waals surface area contributed by atoms with Gasteiger partial charge in [-0.2, -0.15) is 5.26 Å². The van der Waals surface area contributed by atoms with Crippen LogP contribution in [-0.2, 0) is 0 Å². The largest absolute Gasteiger partial charge is 0.362 e. The van der Waals surface area contributed by atoms with Crippen molar-refractivity contribution in [2.45, 2.75) is 40.2 Å². The molecule has 0 aromatic carbocycles. The van der Waals surface area contributed by atoms with Crippen LogP contribution < -0.4 is 5.32 Å². The zero-order chi connectivity index (χ0) is 11.8. The van der Waals surface area contributed by atoms with Gasteiger partial charge in [-0.15, -0.1) is 0 Å². The molecule has 0 rings (SSSR count). The van der Waals surface area contributed by atoms with Crippen molar-refractivity contribution in [3.8, 4) is 6.07 Å². The standard InChI is InChI=1S/C11H21N3S/c1-9(2)8-13-11(15)14(10(3)4)7-5-6-12/h9-10H,5,7-8H2,1-4H3,(H,13,15). The Morgan fingerprint density at radius 2 is 2.00 bits per heavy atom. The molecule has 0 amide bonds. The van der Waals surface area contributed by atoms with E-state index in [0.717, 1.165) is 11.7 Å². The summed E-state index contributed by atoms with van der Waals surface area (Å²) in [7, 11) is 0. The monoisotopic (exact) mass is 227 g/mol. The lowest BCUT2D eigenvalue weighted by atomic mass is 10.2. The number of nitrogens with zero attached hydrogens (tertiary/aromatic N) is 2. The fourth-order valence-electron chi connectivity index (χ4n) is 1.16. The molecule has 0 aliphatic carbocycles. The third kappa shape index (κ3) is 6.29. The summed E-state index contributed by atoms with van der Waals surface area (Å²) in [5.74, 6) is 0.577.